The van der Waals surface area contributed by atoms with E-state index in [2.05, 4.69) is 4.98 Å². The van der Waals surface area contributed by atoms with Crippen molar-refractivity contribution in [2.24, 2.45) is 0 Å². The Bertz CT molecular complexity index is 869. The number of hydrogen-bond donors (Lipinski definition) is 0. The summed E-state index contributed by atoms with van der Waals surface area (Å²) >= 11 is 6.61. The second-order valence-corrected chi connectivity index (χ2v) is 7.49. The first-order valence-corrected chi connectivity index (χ1v) is 9.73. The third-order valence-corrected chi connectivity index (χ3v) is 5.20. The van der Waals surface area contributed by atoms with E-state index >= 15 is 0 Å². The zero-order valence-corrected chi connectivity index (χ0v) is 16.3. The van der Waals surface area contributed by atoms with Crippen LogP contribution < -0.4 is 0 Å². The normalized spacial score (nSPS) is 16.6. The van der Waals surface area contributed by atoms with Crippen molar-refractivity contribution in [1.29, 1.82) is 0 Å². The molecule has 1 saturated heterocycles. The highest BCUT2D eigenvalue weighted by Gasteiger charge is 2.42. The molecule has 5 nitrogen and oxygen atoms in total. The topological polar surface area (TPSA) is 59.5 Å². The molecule has 2 heterocycles. The monoisotopic (exact) mass is 398 g/mol. The Hall–Kier alpha value is -2.51. The van der Waals surface area contributed by atoms with Gasteiger partial charge in [-0.15, -0.1) is 0 Å². The number of carbonyl (C=O) groups excluding carboxylic acids is 2. The first-order chi connectivity index (χ1) is 13.1. The number of nitrogens with zero attached hydrogens (tertiary/aromatic N) is 2. The van der Waals surface area contributed by atoms with Crippen LogP contribution in [-0.2, 0) is 14.3 Å². The number of carbonyl (C=O) groups is 2. The van der Waals surface area contributed by atoms with Gasteiger partial charge in [0.05, 0.1) is 11.5 Å². The molecule has 0 spiro atoms. The lowest BCUT2D eigenvalue weighted by molar-refractivity contribution is -0.151. The van der Waals surface area contributed by atoms with Crippen molar-refractivity contribution < 1.29 is 14.3 Å². The van der Waals surface area contributed by atoms with Crippen LogP contribution in [0.2, 0.25) is 0 Å². The van der Waals surface area contributed by atoms with E-state index in [1.165, 1.54) is 16.7 Å². The summed E-state index contributed by atoms with van der Waals surface area (Å²) in [6, 6.07) is 11.8. The van der Waals surface area contributed by atoms with Gasteiger partial charge in [0.2, 0.25) is 0 Å². The molecular weight excluding hydrogens is 380 g/mol. The van der Waals surface area contributed by atoms with E-state index < -0.39 is 12.0 Å². The molecule has 1 aromatic heterocycles. The van der Waals surface area contributed by atoms with Gasteiger partial charge in [-0.2, -0.15) is 0 Å². The Kier molecular flexibility index (Phi) is 6.36. The van der Waals surface area contributed by atoms with Crippen molar-refractivity contribution in [2.45, 2.75) is 19.4 Å². The largest absolute Gasteiger partial charge is 0.464 e. The molecule has 1 fully saturated rings. The van der Waals surface area contributed by atoms with Crippen LogP contribution in [0.25, 0.3) is 6.08 Å². The lowest BCUT2D eigenvalue weighted by atomic mass is 10.1. The van der Waals surface area contributed by atoms with Crippen molar-refractivity contribution in [3.8, 4) is 0 Å². The molecule has 0 bridgehead atoms. The number of thioether (sulfide) groups is 1. The predicted octanol–water partition coefficient (Wildman–Crippen LogP) is 3.98. The van der Waals surface area contributed by atoms with Gasteiger partial charge in [-0.1, -0.05) is 61.2 Å². The number of ether oxygens (including phenoxy) is 1. The Morgan fingerprint density at radius 1 is 1.26 bits per heavy atom. The van der Waals surface area contributed by atoms with Gasteiger partial charge in [0.15, 0.2) is 6.04 Å². The number of thiocarbonyl (C=S) groups is 1. The molecule has 7 heteroatoms. The first kappa shape index (κ1) is 19.3. The van der Waals surface area contributed by atoms with Gasteiger partial charge < -0.3 is 4.74 Å². The maximum Gasteiger partial charge on any atom is 0.333 e. The Morgan fingerprint density at radius 2 is 1.96 bits per heavy atom. The Balaban J connectivity index is 1.94. The second kappa shape index (κ2) is 8.92. The smallest absolute Gasteiger partial charge is 0.333 e. The molecule has 1 amide bonds. The van der Waals surface area contributed by atoms with Crippen LogP contribution in [0.1, 0.15) is 30.5 Å². The summed E-state index contributed by atoms with van der Waals surface area (Å²) in [7, 11) is 0. The molecule has 0 saturated carbocycles. The van der Waals surface area contributed by atoms with E-state index in [-0.39, 0.29) is 5.91 Å². The highest BCUT2D eigenvalue weighted by molar-refractivity contribution is 8.26. The summed E-state index contributed by atoms with van der Waals surface area (Å²) in [5, 5.41) is 0. The number of amides is 1. The Labute approximate surface area is 167 Å². The second-order valence-electron chi connectivity index (χ2n) is 5.81. The third-order valence-electron chi connectivity index (χ3n) is 3.87. The number of hydrogen-bond acceptors (Lipinski definition) is 6. The van der Waals surface area contributed by atoms with Gasteiger partial charge in [-0.05, 0) is 35.8 Å². The van der Waals surface area contributed by atoms with E-state index in [0.29, 0.717) is 27.8 Å². The van der Waals surface area contributed by atoms with Gasteiger partial charge >= 0.3 is 5.97 Å². The van der Waals surface area contributed by atoms with E-state index in [1.807, 2.05) is 25.1 Å². The molecule has 2 aromatic rings. The summed E-state index contributed by atoms with van der Waals surface area (Å²) in [6.07, 6.45) is 5.76. The van der Waals surface area contributed by atoms with E-state index in [1.54, 1.807) is 42.7 Å². The molecule has 1 atom stereocenters. The number of pyridine rings is 1. The molecule has 27 heavy (non-hydrogen) atoms. The van der Waals surface area contributed by atoms with Crippen LogP contribution in [0.5, 0.6) is 0 Å². The molecule has 1 aliphatic rings. The average molecular weight is 399 g/mol. The molecule has 1 aromatic carbocycles. The molecular formula is C20H18N2O3S2. The van der Waals surface area contributed by atoms with Crippen molar-refractivity contribution in [1.82, 2.24) is 9.88 Å². The SMILES string of the molecule is CCCOC(=O)C(c1ccccc1)N1C(=O)/C(=C\c2ccncc2)SC1=S. The van der Waals surface area contributed by atoms with Crippen molar-refractivity contribution in [3.05, 3.63) is 70.9 Å². The maximum atomic E-state index is 13.0. The molecule has 3 rings (SSSR count). The zero-order valence-electron chi connectivity index (χ0n) is 14.7. The van der Waals surface area contributed by atoms with Crippen molar-refractivity contribution in [3.63, 3.8) is 0 Å². The number of esters is 1. The average Bonchev–Trinajstić information content (AvgIpc) is 2.96. The fraction of sp³-hybridized carbons (Fsp3) is 0.200. The lowest BCUT2D eigenvalue weighted by Crippen LogP contribution is -2.38. The summed E-state index contributed by atoms with van der Waals surface area (Å²) in [4.78, 5) is 31.6. The first-order valence-electron chi connectivity index (χ1n) is 8.50. The minimum atomic E-state index is -0.895. The molecule has 1 aliphatic heterocycles. The summed E-state index contributed by atoms with van der Waals surface area (Å²) < 4.78 is 5.68. The minimum absolute atomic E-state index is 0.295. The molecule has 138 valence electrons. The quantitative estimate of drug-likeness (QED) is 0.417. The van der Waals surface area contributed by atoms with Gasteiger partial charge in [-0.3, -0.25) is 14.7 Å². The highest BCUT2D eigenvalue weighted by Crippen LogP contribution is 2.38. The van der Waals surface area contributed by atoms with Crippen LogP contribution in [0.3, 0.4) is 0 Å². The van der Waals surface area contributed by atoms with Crippen LogP contribution >= 0.6 is 24.0 Å². The van der Waals surface area contributed by atoms with Gasteiger partial charge in [0.1, 0.15) is 4.32 Å². The predicted molar refractivity (Wildman–Crippen MR) is 110 cm³/mol. The maximum absolute atomic E-state index is 13.0. The fourth-order valence-corrected chi connectivity index (χ4v) is 3.93. The summed E-state index contributed by atoms with van der Waals surface area (Å²) in [6.45, 7) is 2.21. The summed E-state index contributed by atoms with van der Waals surface area (Å²) in [5.74, 6) is -0.784. The van der Waals surface area contributed by atoms with E-state index in [9.17, 15) is 9.59 Å². The molecule has 0 aliphatic carbocycles. The number of rotatable bonds is 6. The van der Waals surface area contributed by atoms with Gasteiger partial charge in [0.25, 0.3) is 5.91 Å². The number of aromatic nitrogens is 1. The van der Waals surface area contributed by atoms with Crippen LogP contribution in [0.15, 0.2) is 59.8 Å². The third kappa shape index (κ3) is 4.43. The minimum Gasteiger partial charge on any atom is -0.464 e. The van der Waals surface area contributed by atoms with Crippen LogP contribution in [0.4, 0.5) is 0 Å². The van der Waals surface area contributed by atoms with Gasteiger partial charge in [-0.25, -0.2) is 4.79 Å². The van der Waals surface area contributed by atoms with Crippen molar-refractivity contribution >= 4 is 46.3 Å². The highest BCUT2D eigenvalue weighted by atomic mass is 32.2. The molecule has 0 radical (unpaired) electrons. The summed E-state index contributed by atoms with van der Waals surface area (Å²) in [5.41, 5.74) is 1.51. The zero-order chi connectivity index (χ0) is 19.2. The van der Waals surface area contributed by atoms with Gasteiger partial charge in [0, 0.05) is 12.4 Å². The molecule has 0 N–H and O–H groups in total. The lowest BCUT2D eigenvalue weighted by Gasteiger charge is -2.25. The standard InChI is InChI=1S/C20H18N2O3S2/c1-2-12-25-19(24)17(15-6-4-3-5-7-15)22-18(23)16(27-20(22)26)13-14-8-10-21-11-9-14/h3-11,13,17H,2,12H2,1H3/b16-13+. The van der Waals surface area contributed by atoms with Crippen LogP contribution in [0, 0.1) is 0 Å². The number of benzene rings is 1. The fourth-order valence-electron chi connectivity index (χ4n) is 2.62. The van der Waals surface area contributed by atoms with Crippen LogP contribution in [-0.4, -0.2) is 32.7 Å². The molecule has 1 unspecified atom stereocenters. The Morgan fingerprint density at radius 3 is 2.63 bits per heavy atom. The van der Waals surface area contributed by atoms with E-state index in [4.69, 9.17) is 17.0 Å². The van der Waals surface area contributed by atoms with E-state index in [0.717, 1.165) is 5.56 Å². The van der Waals surface area contributed by atoms with Crippen molar-refractivity contribution in [2.75, 3.05) is 6.61 Å².